The summed E-state index contributed by atoms with van der Waals surface area (Å²) in [5.41, 5.74) is 0. The lowest BCUT2D eigenvalue weighted by atomic mass is 10.4. The van der Waals surface area contributed by atoms with Crippen molar-refractivity contribution < 1.29 is 26.3 Å². The molecule has 0 unspecified atom stereocenters. The minimum atomic E-state index is -4.28. The van der Waals surface area contributed by atoms with Crippen LogP contribution in [0, 0.1) is 0 Å². The second-order valence-electron chi connectivity index (χ2n) is 4.41. The molecular weight excluding hydrogens is 302 g/mol. The van der Waals surface area contributed by atoms with Gasteiger partial charge in [-0.25, -0.2) is 0 Å². The van der Waals surface area contributed by atoms with Gasteiger partial charge in [0.1, 0.15) is 0 Å². The molecule has 0 rings (SSSR count). The molecule has 4 nitrogen and oxygen atoms in total. The molecule has 10 heteroatoms. The Bertz CT molecular complexity index is 313. The van der Waals surface area contributed by atoms with Crippen molar-refractivity contribution in [1.82, 2.24) is 15.5 Å². The lowest BCUT2D eigenvalue weighted by Gasteiger charge is -2.19. The maximum atomic E-state index is 12.1. The number of halogens is 6. The van der Waals surface area contributed by atoms with Gasteiger partial charge in [0, 0.05) is 19.6 Å². The molecule has 0 bridgehead atoms. The van der Waals surface area contributed by atoms with E-state index in [-0.39, 0.29) is 19.0 Å². The average molecular weight is 322 g/mol. The highest BCUT2D eigenvalue weighted by atomic mass is 19.4. The molecular formula is C11H20F6N4. The van der Waals surface area contributed by atoms with Gasteiger partial charge in [-0.05, 0) is 14.0 Å². The van der Waals surface area contributed by atoms with Crippen LogP contribution >= 0.6 is 0 Å². The molecule has 2 N–H and O–H groups in total. The van der Waals surface area contributed by atoms with Crippen LogP contribution in [0.3, 0.4) is 0 Å². The zero-order valence-electron chi connectivity index (χ0n) is 11.9. The molecule has 0 aromatic heterocycles. The second kappa shape index (κ2) is 8.96. The van der Waals surface area contributed by atoms with Crippen molar-refractivity contribution in [3.63, 3.8) is 0 Å². The number of hydrogen-bond donors (Lipinski definition) is 2. The maximum Gasteiger partial charge on any atom is 0.401 e. The van der Waals surface area contributed by atoms with E-state index >= 15 is 0 Å². The lowest BCUT2D eigenvalue weighted by Crippen LogP contribution is -2.42. The number of guanidine groups is 1. The molecule has 0 aromatic carbocycles. The van der Waals surface area contributed by atoms with Crippen LogP contribution in [0.5, 0.6) is 0 Å². The van der Waals surface area contributed by atoms with Crippen molar-refractivity contribution >= 4 is 5.96 Å². The van der Waals surface area contributed by atoms with Crippen LogP contribution in [-0.4, -0.2) is 63.0 Å². The Morgan fingerprint density at radius 3 is 2.14 bits per heavy atom. The number of nitrogens with one attached hydrogen (secondary N) is 2. The van der Waals surface area contributed by atoms with Gasteiger partial charge in [0.15, 0.2) is 5.96 Å². The van der Waals surface area contributed by atoms with Crippen molar-refractivity contribution in [2.45, 2.75) is 25.7 Å². The zero-order chi connectivity index (χ0) is 16.5. The van der Waals surface area contributed by atoms with Crippen LogP contribution in [0.4, 0.5) is 26.3 Å². The Morgan fingerprint density at radius 2 is 1.67 bits per heavy atom. The Morgan fingerprint density at radius 1 is 1.05 bits per heavy atom. The molecule has 0 aliphatic heterocycles. The summed E-state index contributed by atoms with van der Waals surface area (Å²) < 4.78 is 72.2. The summed E-state index contributed by atoms with van der Waals surface area (Å²) >= 11 is 0. The topological polar surface area (TPSA) is 39.7 Å². The number of hydrogen-bond acceptors (Lipinski definition) is 2. The van der Waals surface area contributed by atoms with Gasteiger partial charge in [-0.3, -0.25) is 9.89 Å². The molecule has 126 valence electrons. The van der Waals surface area contributed by atoms with E-state index in [2.05, 4.69) is 15.6 Å². The van der Waals surface area contributed by atoms with E-state index in [1.165, 1.54) is 7.05 Å². The fourth-order valence-electron chi connectivity index (χ4n) is 1.39. The smallest absolute Gasteiger partial charge is 0.357 e. The van der Waals surface area contributed by atoms with Crippen LogP contribution in [0.15, 0.2) is 4.99 Å². The first-order chi connectivity index (χ1) is 9.53. The van der Waals surface area contributed by atoms with E-state index in [0.29, 0.717) is 6.54 Å². The summed E-state index contributed by atoms with van der Waals surface area (Å²) in [6.07, 6.45) is -9.61. The molecule has 0 atom stereocenters. The zero-order valence-corrected chi connectivity index (χ0v) is 11.9. The first-order valence-electron chi connectivity index (χ1n) is 6.37. The van der Waals surface area contributed by atoms with E-state index in [1.54, 1.807) is 6.92 Å². The van der Waals surface area contributed by atoms with E-state index < -0.39 is 31.9 Å². The minimum Gasteiger partial charge on any atom is -0.357 e. The molecule has 0 aromatic rings. The van der Waals surface area contributed by atoms with Crippen LogP contribution in [0.1, 0.15) is 13.3 Å². The summed E-state index contributed by atoms with van der Waals surface area (Å²) in [5.74, 6) is 0.155. The van der Waals surface area contributed by atoms with E-state index in [9.17, 15) is 26.3 Å². The molecule has 0 saturated carbocycles. The summed E-state index contributed by atoms with van der Waals surface area (Å²) in [6, 6.07) is 0. The van der Waals surface area contributed by atoms with Crippen LogP contribution in [0.2, 0.25) is 0 Å². The highest BCUT2D eigenvalue weighted by Crippen LogP contribution is 2.18. The SMILES string of the molecule is CCNC(=NCCC(F)(F)F)NCCN(C)CC(F)(F)F. The quantitative estimate of drug-likeness (QED) is 0.428. The predicted octanol–water partition coefficient (Wildman–Crippen LogP) is 1.99. The van der Waals surface area contributed by atoms with Gasteiger partial charge >= 0.3 is 12.4 Å². The first-order valence-corrected chi connectivity index (χ1v) is 6.37. The van der Waals surface area contributed by atoms with Gasteiger partial charge in [0.25, 0.3) is 0 Å². The molecule has 0 spiro atoms. The van der Waals surface area contributed by atoms with Gasteiger partial charge in [0.2, 0.25) is 0 Å². The molecule has 0 radical (unpaired) electrons. The lowest BCUT2D eigenvalue weighted by molar-refractivity contribution is -0.142. The highest BCUT2D eigenvalue weighted by molar-refractivity contribution is 5.79. The number of nitrogens with zero attached hydrogens (tertiary/aromatic N) is 2. The number of alkyl halides is 6. The van der Waals surface area contributed by atoms with Crippen LogP contribution in [0.25, 0.3) is 0 Å². The summed E-state index contributed by atoms with van der Waals surface area (Å²) in [5, 5.41) is 5.41. The first kappa shape index (κ1) is 19.8. The Labute approximate surface area is 119 Å². The van der Waals surface area contributed by atoms with E-state index in [0.717, 1.165) is 4.90 Å². The van der Waals surface area contributed by atoms with Crippen molar-refractivity contribution in [3.8, 4) is 0 Å². The largest absolute Gasteiger partial charge is 0.401 e. The van der Waals surface area contributed by atoms with E-state index in [1.807, 2.05) is 0 Å². The fourth-order valence-corrected chi connectivity index (χ4v) is 1.39. The predicted molar refractivity (Wildman–Crippen MR) is 68.2 cm³/mol. The van der Waals surface area contributed by atoms with Gasteiger partial charge in [0.05, 0.1) is 19.5 Å². The summed E-state index contributed by atoms with van der Waals surface area (Å²) in [7, 11) is 1.31. The summed E-state index contributed by atoms with van der Waals surface area (Å²) in [4.78, 5) is 4.77. The molecule has 21 heavy (non-hydrogen) atoms. The molecule has 0 amide bonds. The van der Waals surface area contributed by atoms with Gasteiger partial charge in [-0.2, -0.15) is 26.3 Å². The summed E-state index contributed by atoms with van der Waals surface area (Å²) in [6.45, 7) is 0.925. The standard InChI is InChI=1S/C11H20F6N4/c1-3-18-9(19-5-4-10(12,13)14)20-6-7-21(2)8-11(15,16)17/h3-8H2,1-2H3,(H2,18,19,20). The monoisotopic (exact) mass is 322 g/mol. The highest BCUT2D eigenvalue weighted by Gasteiger charge is 2.29. The van der Waals surface area contributed by atoms with Crippen molar-refractivity contribution in [3.05, 3.63) is 0 Å². The molecule has 0 aliphatic carbocycles. The fraction of sp³-hybridized carbons (Fsp3) is 0.909. The second-order valence-corrected chi connectivity index (χ2v) is 4.41. The van der Waals surface area contributed by atoms with Crippen molar-refractivity contribution in [2.24, 2.45) is 4.99 Å². The number of likely N-dealkylation sites (N-methyl/N-ethyl adjacent to an activating group) is 1. The Hall–Kier alpha value is -1.19. The minimum absolute atomic E-state index is 0.0865. The van der Waals surface area contributed by atoms with Crippen molar-refractivity contribution in [1.29, 1.82) is 0 Å². The molecule has 0 fully saturated rings. The van der Waals surface area contributed by atoms with Gasteiger partial charge in [-0.1, -0.05) is 0 Å². The molecule has 0 saturated heterocycles. The van der Waals surface area contributed by atoms with Crippen LogP contribution < -0.4 is 10.6 Å². The number of aliphatic imine (C=N–C) groups is 1. The Balaban J connectivity index is 4.12. The maximum absolute atomic E-state index is 12.1. The normalized spacial score (nSPS) is 13.7. The van der Waals surface area contributed by atoms with Crippen LogP contribution in [-0.2, 0) is 0 Å². The van der Waals surface area contributed by atoms with Crippen molar-refractivity contribution in [2.75, 3.05) is 39.8 Å². The number of rotatable bonds is 7. The molecule has 0 aliphatic rings. The third-order valence-electron chi connectivity index (χ3n) is 2.24. The van der Waals surface area contributed by atoms with E-state index in [4.69, 9.17) is 0 Å². The Kier molecular flexibility index (Phi) is 8.45. The average Bonchev–Trinajstić information content (AvgIpc) is 2.24. The van der Waals surface area contributed by atoms with Gasteiger partial charge in [-0.15, -0.1) is 0 Å². The third-order valence-corrected chi connectivity index (χ3v) is 2.24. The third kappa shape index (κ3) is 13.5. The molecule has 0 heterocycles. The van der Waals surface area contributed by atoms with Gasteiger partial charge < -0.3 is 10.6 Å².